The second-order valence-electron chi connectivity index (χ2n) is 19.1. The van der Waals surface area contributed by atoms with E-state index in [2.05, 4.69) is 91.0 Å². The summed E-state index contributed by atoms with van der Waals surface area (Å²) < 4.78 is 5.20. The molecule has 6 nitrogen and oxygen atoms in total. The van der Waals surface area contributed by atoms with Crippen molar-refractivity contribution in [3.05, 3.63) is 47.3 Å². The molecular weight excluding hydrogens is 606 g/mol. The molecule has 1 N–H and O–H groups in total. The van der Waals surface area contributed by atoms with E-state index in [-0.39, 0.29) is 50.8 Å². The topological polar surface area (TPSA) is 81.2 Å². The van der Waals surface area contributed by atoms with Gasteiger partial charge in [0.15, 0.2) is 0 Å². The highest BCUT2D eigenvalue weighted by Crippen LogP contribution is 2.75. The zero-order valence-corrected chi connectivity index (χ0v) is 32.0. The maximum atomic E-state index is 14.7. The minimum atomic E-state index is -0.615. The number of fused-ring (bicyclic) bond motifs is 9. The van der Waals surface area contributed by atoms with Crippen LogP contribution in [0.15, 0.2) is 35.9 Å². The number of rotatable bonds is 5. The summed E-state index contributed by atoms with van der Waals surface area (Å²) in [6.07, 6.45) is 12.6. The second kappa shape index (κ2) is 11.4. The van der Waals surface area contributed by atoms with E-state index in [0.717, 1.165) is 62.4 Å². The van der Waals surface area contributed by atoms with Crippen molar-refractivity contribution < 1.29 is 14.3 Å². The number of benzene rings is 1. The Kier molecular flexibility index (Phi) is 8.05. The number of allylic oxidation sites excluding steroid dienone is 2. The fraction of sp³-hybridized carbons (Fsp3) is 0.721. The standard InChI is InChI=1S/C43H61N3O3/c1-11-26(2)34(36(47)49-10)46-37(48)43-22-20-38(3,4)24-28(43)27-16-17-33-40(7)25-31-35(45-30-15-13-12-14-29(30)44-31)39(5,6)32(40)18-19-42(33,9)41(27,8)21-23-43/h12-16,26,28,32-34H,11,17-25H2,1-10H3,(H,46,48)/t26-,28-,32-,33+,34-,40-,41+,42+,43-/m0/s1. The number of carbonyl (C=O) groups excluding carboxylic acids is 2. The normalized spacial score (nSPS) is 38.3. The van der Waals surface area contributed by atoms with Crippen LogP contribution in [0.25, 0.3) is 11.0 Å². The molecule has 0 radical (unpaired) electrons. The summed E-state index contributed by atoms with van der Waals surface area (Å²) in [6, 6.07) is 7.74. The molecule has 0 saturated heterocycles. The lowest BCUT2D eigenvalue weighted by molar-refractivity contribution is -0.169. The molecule has 0 unspecified atom stereocenters. The number of nitrogens with zero attached hydrogens (tertiary/aromatic N) is 2. The molecule has 1 heterocycles. The van der Waals surface area contributed by atoms with Gasteiger partial charge in [0, 0.05) is 5.41 Å². The zero-order valence-electron chi connectivity index (χ0n) is 32.0. The van der Waals surface area contributed by atoms with Crippen molar-refractivity contribution in [2.45, 2.75) is 138 Å². The molecule has 0 aliphatic heterocycles. The summed E-state index contributed by atoms with van der Waals surface area (Å²) in [4.78, 5) is 38.3. The number of amides is 1. The van der Waals surface area contributed by atoms with Crippen molar-refractivity contribution in [2.24, 2.45) is 50.7 Å². The summed E-state index contributed by atoms with van der Waals surface area (Å²) in [5.74, 6) is 0.967. The average molecular weight is 668 g/mol. The molecule has 1 aromatic heterocycles. The largest absolute Gasteiger partial charge is 0.467 e. The molecule has 1 amide bonds. The Morgan fingerprint density at radius 3 is 2.29 bits per heavy atom. The highest BCUT2D eigenvalue weighted by Gasteiger charge is 2.69. The summed E-state index contributed by atoms with van der Waals surface area (Å²) in [5, 5.41) is 3.30. The smallest absolute Gasteiger partial charge is 0.328 e. The Morgan fingerprint density at radius 2 is 1.61 bits per heavy atom. The minimum absolute atomic E-state index is 0.00368. The molecule has 6 heteroatoms. The summed E-state index contributed by atoms with van der Waals surface area (Å²) in [6.45, 7) is 21.6. The molecule has 0 bridgehead atoms. The van der Waals surface area contributed by atoms with Gasteiger partial charge in [0.2, 0.25) is 5.91 Å². The van der Waals surface area contributed by atoms with Crippen molar-refractivity contribution in [1.82, 2.24) is 15.3 Å². The number of esters is 1. The number of nitrogens with one attached hydrogen (secondary N) is 1. The Balaban J connectivity index is 1.29. The average Bonchev–Trinajstić information content (AvgIpc) is 3.05. The second-order valence-corrected chi connectivity index (χ2v) is 19.1. The Morgan fingerprint density at radius 1 is 0.939 bits per heavy atom. The van der Waals surface area contributed by atoms with Crippen molar-refractivity contribution in [3.8, 4) is 0 Å². The first-order valence-electron chi connectivity index (χ1n) is 19.3. The molecule has 1 aromatic carbocycles. The molecule has 9 atom stereocenters. The third-order valence-corrected chi connectivity index (χ3v) is 16.0. The Labute approximate surface area is 295 Å². The van der Waals surface area contributed by atoms with Crippen LogP contribution in [0, 0.1) is 50.7 Å². The lowest BCUT2D eigenvalue weighted by Crippen LogP contribution is -2.66. The van der Waals surface area contributed by atoms with Crippen molar-refractivity contribution in [1.29, 1.82) is 0 Å². The Hall–Kier alpha value is -2.76. The van der Waals surface area contributed by atoms with E-state index < -0.39 is 11.5 Å². The van der Waals surface area contributed by atoms with Gasteiger partial charge in [-0.3, -0.25) is 4.79 Å². The molecular formula is C43H61N3O3. The molecule has 0 spiro atoms. The number of carbonyl (C=O) groups is 2. The van der Waals surface area contributed by atoms with Crippen LogP contribution in [0.4, 0.5) is 0 Å². The molecule has 5 aliphatic rings. The first kappa shape index (κ1) is 34.7. The molecule has 49 heavy (non-hydrogen) atoms. The van der Waals surface area contributed by atoms with Gasteiger partial charge >= 0.3 is 5.97 Å². The molecule has 3 fully saturated rings. The predicted octanol–water partition coefficient (Wildman–Crippen LogP) is 9.15. The van der Waals surface area contributed by atoms with Crippen molar-refractivity contribution >= 4 is 22.9 Å². The minimum Gasteiger partial charge on any atom is -0.467 e. The first-order chi connectivity index (χ1) is 23.0. The van der Waals surface area contributed by atoms with Gasteiger partial charge in [0.05, 0.1) is 34.9 Å². The monoisotopic (exact) mass is 667 g/mol. The SMILES string of the molecule is CC[C@H](C)[C@H](NC(=O)[C@]12CCC(C)(C)C[C@H]1C1=CC[C@@H]3[C@@]4(C)Cc5nc6ccccc6nc5C(C)(C)[C@@H]4CC[C@@]3(C)[C@]1(C)CC2)C(=O)OC. The number of ether oxygens (including phenoxy) is 1. The van der Waals surface area contributed by atoms with Crippen LogP contribution in [0.2, 0.25) is 0 Å². The number of methoxy groups -OCH3 is 1. The predicted molar refractivity (Wildman–Crippen MR) is 196 cm³/mol. The van der Waals surface area contributed by atoms with E-state index in [0.29, 0.717) is 11.8 Å². The van der Waals surface area contributed by atoms with E-state index in [1.165, 1.54) is 31.3 Å². The Bertz CT molecular complexity index is 1710. The maximum absolute atomic E-state index is 14.7. The van der Waals surface area contributed by atoms with Gasteiger partial charge in [0.1, 0.15) is 6.04 Å². The summed E-state index contributed by atoms with van der Waals surface area (Å²) in [7, 11) is 1.43. The van der Waals surface area contributed by atoms with E-state index in [4.69, 9.17) is 14.7 Å². The summed E-state index contributed by atoms with van der Waals surface area (Å²) in [5.41, 5.74) is 5.75. The highest BCUT2D eigenvalue weighted by molar-refractivity contribution is 5.89. The molecule has 5 aliphatic carbocycles. The molecule has 266 valence electrons. The third kappa shape index (κ3) is 4.84. The van der Waals surface area contributed by atoms with Crippen molar-refractivity contribution in [3.63, 3.8) is 0 Å². The molecule has 2 aromatic rings. The van der Waals surface area contributed by atoms with E-state index >= 15 is 0 Å². The number of hydrogen-bond donors (Lipinski definition) is 1. The van der Waals surface area contributed by atoms with Gasteiger partial charge in [-0.15, -0.1) is 0 Å². The van der Waals surface area contributed by atoms with Crippen LogP contribution in [-0.2, 0) is 26.2 Å². The lowest BCUT2D eigenvalue weighted by Gasteiger charge is -2.70. The quantitative estimate of drug-likeness (QED) is 0.254. The van der Waals surface area contributed by atoms with Gasteiger partial charge in [0.25, 0.3) is 0 Å². The van der Waals surface area contributed by atoms with Crippen LogP contribution in [0.1, 0.15) is 131 Å². The highest BCUT2D eigenvalue weighted by atomic mass is 16.5. The van der Waals surface area contributed by atoms with Crippen LogP contribution >= 0.6 is 0 Å². The fourth-order valence-electron chi connectivity index (χ4n) is 12.7. The van der Waals surface area contributed by atoms with Gasteiger partial charge in [-0.25, -0.2) is 14.8 Å². The van der Waals surface area contributed by atoms with Crippen molar-refractivity contribution in [2.75, 3.05) is 7.11 Å². The van der Waals surface area contributed by atoms with Gasteiger partial charge in [-0.2, -0.15) is 0 Å². The van der Waals surface area contributed by atoms with E-state index in [9.17, 15) is 9.59 Å². The third-order valence-electron chi connectivity index (χ3n) is 16.0. The van der Waals surface area contributed by atoms with E-state index in [1.54, 1.807) is 5.57 Å². The lowest BCUT2D eigenvalue weighted by atomic mass is 9.33. The van der Waals surface area contributed by atoms with Crippen LogP contribution in [-0.4, -0.2) is 35.0 Å². The van der Waals surface area contributed by atoms with Crippen LogP contribution in [0.3, 0.4) is 0 Å². The fourth-order valence-corrected chi connectivity index (χ4v) is 12.7. The first-order valence-corrected chi connectivity index (χ1v) is 19.3. The van der Waals surface area contributed by atoms with Crippen LogP contribution in [0.5, 0.6) is 0 Å². The number of para-hydroxylation sites is 2. The van der Waals surface area contributed by atoms with E-state index in [1.807, 2.05) is 6.92 Å². The van der Waals surface area contributed by atoms with Crippen LogP contribution < -0.4 is 5.32 Å². The molecule has 7 rings (SSSR count). The van der Waals surface area contributed by atoms with Gasteiger partial charge in [-0.1, -0.05) is 92.5 Å². The van der Waals surface area contributed by atoms with Gasteiger partial charge in [-0.05, 0) is 115 Å². The number of aromatic nitrogens is 2. The molecule has 3 saturated carbocycles. The zero-order chi connectivity index (χ0) is 35.4. The van der Waals surface area contributed by atoms with Gasteiger partial charge < -0.3 is 10.1 Å². The maximum Gasteiger partial charge on any atom is 0.328 e. The summed E-state index contributed by atoms with van der Waals surface area (Å²) >= 11 is 0. The number of hydrogen-bond acceptors (Lipinski definition) is 5.